The van der Waals surface area contributed by atoms with Crippen LogP contribution in [0.15, 0.2) is 0 Å². The molecule has 0 heterocycles. The normalized spacial score (nSPS) is 14.0. The zero-order chi connectivity index (χ0) is 6.57. The Morgan fingerprint density at radius 1 is 1.75 bits per heavy atom. The van der Waals surface area contributed by atoms with Gasteiger partial charge < -0.3 is 5.41 Å². The lowest BCUT2D eigenvalue weighted by Gasteiger charge is -2.10. The van der Waals surface area contributed by atoms with Crippen molar-refractivity contribution in [1.29, 1.82) is 5.41 Å². The Kier molecular flexibility index (Phi) is 3.49. The Hall–Kier alpha value is -0.330. The smallest absolute Gasteiger partial charge is 0.00142 e. The van der Waals surface area contributed by atoms with E-state index in [9.17, 15) is 0 Å². The third-order valence-electron chi connectivity index (χ3n) is 1.42. The van der Waals surface area contributed by atoms with E-state index >= 15 is 0 Å². The molecule has 2 atom stereocenters. The van der Waals surface area contributed by atoms with Crippen molar-refractivity contribution in [3.8, 4) is 0 Å². The van der Waals surface area contributed by atoms with Gasteiger partial charge in [-0.25, -0.2) is 0 Å². The van der Waals surface area contributed by atoms with Gasteiger partial charge in [0.1, 0.15) is 0 Å². The van der Waals surface area contributed by atoms with E-state index in [-0.39, 0.29) is 0 Å². The van der Waals surface area contributed by atoms with Gasteiger partial charge in [-0.15, -0.1) is 0 Å². The van der Waals surface area contributed by atoms with Crippen molar-refractivity contribution in [3.63, 3.8) is 0 Å². The molecule has 1 radical (unpaired) electrons. The van der Waals surface area contributed by atoms with Gasteiger partial charge in [-0.1, -0.05) is 13.8 Å². The number of rotatable bonds is 3. The Labute approximate surface area is 51.6 Å². The average molecular weight is 112 g/mol. The quantitative estimate of drug-likeness (QED) is 0.541. The van der Waals surface area contributed by atoms with Crippen LogP contribution in [0, 0.1) is 24.2 Å². The molecular formula is C7H14N. The van der Waals surface area contributed by atoms with Crippen molar-refractivity contribution in [2.24, 2.45) is 11.8 Å². The van der Waals surface area contributed by atoms with Gasteiger partial charge in [-0.05, 0) is 31.4 Å². The second-order valence-electron chi connectivity index (χ2n) is 2.22. The highest BCUT2D eigenvalue weighted by atomic mass is 14.4. The number of hydrogen-bond donors (Lipinski definition) is 1. The zero-order valence-corrected chi connectivity index (χ0v) is 5.65. The van der Waals surface area contributed by atoms with Crippen LogP contribution in [0.1, 0.15) is 20.3 Å². The molecule has 0 fully saturated rings. The zero-order valence-electron chi connectivity index (χ0n) is 5.65. The van der Waals surface area contributed by atoms with Gasteiger partial charge >= 0.3 is 0 Å². The van der Waals surface area contributed by atoms with Crippen LogP contribution in [-0.4, -0.2) is 6.21 Å². The first-order chi connectivity index (χ1) is 3.72. The van der Waals surface area contributed by atoms with Crippen LogP contribution in [0.2, 0.25) is 0 Å². The van der Waals surface area contributed by atoms with Gasteiger partial charge in [0.2, 0.25) is 0 Å². The summed E-state index contributed by atoms with van der Waals surface area (Å²) in [5, 5.41) is 6.93. The lowest BCUT2D eigenvalue weighted by Crippen LogP contribution is -2.07. The molecule has 0 aliphatic rings. The lowest BCUT2D eigenvalue weighted by atomic mass is 9.95. The molecular weight excluding hydrogens is 98.1 g/mol. The minimum Gasteiger partial charge on any atom is -0.313 e. The summed E-state index contributed by atoms with van der Waals surface area (Å²) in [6, 6.07) is 0. The van der Waals surface area contributed by atoms with E-state index in [2.05, 4.69) is 13.8 Å². The topological polar surface area (TPSA) is 23.9 Å². The largest absolute Gasteiger partial charge is 0.313 e. The van der Waals surface area contributed by atoms with Gasteiger partial charge in [0, 0.05) is 0 Å². The van der Waals surface area contributed by atoms with Crippen LogP contribution in [0.3, 0.4) is 0 Å². The summed E-state index contributed by atoms with van der Waals surface area (Å²) in [5.41, 5.74) is 0. The maximum absolute atomic E-state index is 6.93. The first kappa shape index (κ1) is 7.67. The van der Waals surface area contributed by atoms with Crippen LogP contribution in [-0.2, 0) is 0 Å². The van der Waals surface area contributed by atoms with Crippen LogP contribution >= 0.6 is 0 Å². The predicted octanol–water partition coefficient (Wildman–Crippen LogP) is 2.13. The Morgan fingerprint density at radius 2 is 2.25 bits per heavy atom. The highest BCUT2D eigenvalue weighted by Crippen LogP contribution is 2.10. The van der Waals surface area contributed by atoms with Crippen molar-refractivity contribution in [3.05, 3.63) is 6.92 Å². The highest BCUT2D eigenvalue weighted by Gasteiger charge is 2.05. The molecule has 2 unspecified atom stereocenters. The molecule has 0 aliphatic carbocycles. The van der Waals surface area contributed by atoms with Crippen LogP contribution in [0.4, 0.5) is 0 Å². The highest BCUT2D eigenvalue weighted by molar-refractivity contribution is 5.57. The molecule has 0 aliphatic heterocycles. The summed E-state index contributed by atoms with van der Waals surface area (Å²) in [6.07, 6.45) is 2.52. The summed E-state index contributed by atoms with van der Waals surface area (Å²) in [7, 11) is 0. The van der Waals surface area contributed by atoms with Crippen molar-refractivity contribution >= 4 is 6.21 Å². The second-order valence-corrected chi connectivity index (χ2v) is 2.22. The molecule has 0 aromatic rings. The maximum Gasteiger partial charge on any atom is -0.00142 e. The molecule has 8 heavy (non-hydrogen) atoms. The van der Waals surface area contributed by atoms with Crippen molar-refractivity contribution in [2.75, 3.05) is 0 Å². The van der Waals surface area contributed by atoms with E-state index in [4.69, 9.17) is 5.41 Å². The number of nitrogens with one attached hydrogen (secondary N) is 1. The molecule has 0 rings (SSSR count). The SMILES string of the molecule is [CH2]C(C)C(C=N)CC. The van der Waals surface area contributed by atoms with Gasteiger partial charge in [0.15, 0.2) is 0 Å². The molecule has 0 aromatic carbocycles. The van der Waals surface area contributed by atoms with Crippen molar-refractivity contribution in [2.45, 2.75) is 20.3 Å². The minimum atomic E-state index is 0.384. The third-order valence-corrected chi connectivity index (χ3v) is 1.42. The van der Waals surface area contributed by atoms with E-state index in [1.807, 2.05) is 6.92 Å². The van der Waals surface area contributed by atoms with Gasteiger partial charge in [0.25, 0.3) is 0 Å². The molecule has 1 heteroatoms. The second kappa shape index (κ2) is 3.65. The van der Waals surface area contributed by atoms with Crippen LogP contribution in [0.25, 0.3) is 0 Å². The average Bonchev–Trinajstić information content (AvgIpc) is 1.69. The molecule has 0 saturated carbocycles. The van der Waals surface area contributed by atoms with Crippen LogP contribution < -0.4 is 0 Å². The summed E-state index contributed by atoms with van der Waals surface area (Å²) in [6.45, 7) is 7.95. The molecule has 0 bridgehead atoms. The molecule has 1 N–H and O–H groups in total. The maximum atomic E-state index is 6.93. The third kappa shape index (κ3) is 2.10. The number of hydrogen-bond acceptors (Lipinski definition) is 1. The molecule has 0 amide bonds. The molecule has 1 nitrogen and oxygen atoms in total. The summed E-state index contributed by atoms with van der Waals surface area (Å²) in [4.78, 5) is 0. The fourth-order valence-electron chi connectivity index (χ4n) is 0.684. The Balaban J connectivity index is 3.51. The van der Waals surface area contributed by atoms with E-state index < -0.39 is 0 Å². The van der Waals surface area contributed by atoms with Crippen LogP contribution in [0.5, 0.6) is 0 Å². The molecule has 0 spiro atoms. The fraction of sp³-hybridized carbons (Fsp3) is 0.714. The van der Waals surface area contributed by atoms with E-state index in [1.54, 1.807) is 0 Å². The Morgan fingerprint density at radius 3 is 2.25 bits per heavy atom. The monoisotopic (exact) mass is 112 g/mol. The van der Waals surface area contributed by atoms with E-state index in [0.717, 1.165) is 6.42 Å². The summed E-state index contributed by atoms with van der Waals surface area (Å²) in [5.74, 6) is 0.771. The van der Waals surface area contributed by atoms with Gasteiger partial charge in [-0.3, -0.25) is 0 Å². The van der Waals surface area contributed by atoms with Crippen molar-refractivity contribution in [1.82, 2.24) is 0 Å². The molecule has 47 valence electrons. The molecule has 0 saturated heterocycles. The Bertz CT molecular complexity index is 66.8. The van der Waals surface area contributed by atoms with Gasteiger partial charge in [-0.2, -0.15) is 0 Å². The molecule has 0 aromatic heterocycles. The van der Waals surface area contributed by atoms with E-state index in [1.165, 1.54) is 6.21 Å². The van der Waals surface area contributed by atoms with Gasteiger partial charge in [0.05, 0.1) is 0 Å². The lowest BCUT2D eigenvalue weighted by molar-refractivity contribution is 0.532. The standard InChI is InChI=1S/C7H14N/c1-4-7(5-8)6(2)3/h5-8H,2,4H2,1,3H3. The van der Waals surface area contributed by atoms with E-state index in [0.29, 0.717) is 11.8 Å². The summed E-state index contributed by atoms with van der Waals surface area (Å²) < 4.78 is 0. The minimum absolute atomic E-state index is 0.384. The predicted molar refractivity (Wildman–Crippen MR) is 37.1 cm³/mol. The van der Waals surface area contributed by atoms with Crippen molar-refractivity contribution < 1.29 is 0 Å². The fourth-order valence-corrected chi connectivity index (χ4v) is 0.684. The first-order valence-corrected chi connectivity index (χ1v) is 3.06. The summed E-state index contributed by atoms with van der Waals surface area (Å²) >= 11 is 0. The first-order valence-electron chi connectivity index (χ1n) is 3.06.